The molecule has 1 N–H and O–H groups in total. The minimum Gasteiger partial charge on any atom is -0.312 e. The van der Waals surface area contributed by atoms with E-state index in [9.17, 15) is 10.1 Å². The fraction of sp³-hybridized carbons (Fsp3) is 0.143. The molecule has 0 unspecified atom stereocenters. The molecule has 0 bridgehead atoms. The second-order valence-corrected chi connectivity index (χ2v) is 9.27. The van der Waals surface area contributed by atoms with Crippen LogP contribution in [0, 0.1) is 11.3 Å². The van der Waals surface area contributed by atoms with Gasteiger partial charge < -0.3 is 5.32 Å². The van der Waals surface area contributed by atoms with Gasteiger partial charge in [-0.2, -0.15) is 5.26 Å². The van der Waals surface area contributed by atoms with E-state index in [-0.39, 0.29) is 5.91 Å². The van der Waals surface area contributed by atoms with Crippen molar-refractivity contribution in [3.05, 3.63) is 112 Å². The van der Waals surface area contributed by atoms with Crippen molar-refractivity contribution in [1.29, 1.82) is 5.26 Å². The molecule has 1 amide bonds. The van der Waals surface area contributed by atoms with Crippen LogP contribution in [0.25, 0.3) is 11.1 Å². The fourth-order valence-electron chi connectivity index (χ4n) is 4.26. The largest absolute Gasteiger partial charge is 0.312 e. The standard InChI is InChI=1S/C28H23N3OS/c29-17-25-24-15-16-31(18-20-7-3-1-4-8-20)19-26(24)33-28(25)30-27(32)23-13-11-22(12-14-23)21-9-5-2-6-10-21/h1-14H,15-16,18-19H2,(H,30,32). The monoisotopic (exact) mass is 449 g/mol. The highest BCUT2D eigenvalue weighted by Gasteiger charge is 2.25. The van der Waals surface area contributed by atoms with Crippen LogP contribution in [0.3, 0.4) is 0 Å². The minimum atomic E-state index is -0.189. The summed E-state index contributed by atoms with van der Waals surface area (Å²) in [6.45, 7) is 2.59. The van der Waals surface area contributed by atoms with Gasteiger partial charge in [0, 0.05) is 30.1 Å². The van der Waals surface area contributed by atoms with Gasteiger partial charge in [0.1, 0.15) is 11.1 Å². The third-order valence-electron chi connectivity index (χ3n) is 5.98. The first-order valence-corrected chi connectivity index (χ1v) is 11.8. The van der Waals surface area contributed by atoms with Gasteiger partial charge in [-0.3, -0.25) is 9.69 Å². The number of hydrogen-bond acceptors (Lipinski definition) is 4. The molecule has 0 fully saturated rings. The van der Waals surface area contributed by atoms with Gasteiger partial charge in [-0.15, -0.1) is 11.3 Å². The van der Waals surface area contributed by atoms with E-state index in [4.69, 9.17) is 0 Å². The topological polar surface area (TPSA) is 56.1 Å². The Hall–Kier alpha value is -3.72. The fourth-order valence-corrected chi connectivity index (χ4v) is 5.49. The second kappa shape index (κ2) is 9.41. The van der Waals surface area contributed by atoms with Gasteiger partial charge in [0.25, 0.3) is 5.91 Å². The number of nitrogens with zero attached hydrogens (tertiary/aromatic N) is 2. The van der Waals surface area contributed by atoms with Crippen LogP contribution < -0.4 is 5.32 Å². The van der Waals surface area contributed by atoms with Crippen LogP contribution in [0.2, 0.25) is 0 Å². The van der Waals surface area contributed by atoms with Gasteiger partial charge >= 0.3 is 0 Å². The number of benzene rings is 3. The Morgan fingerprint density at radius 3 is 2.30 bits per heavy atom. The second-order valence-electron chi connectivity index (χ2n) is 8.16. The van der Waals surface area contributed by atoms with E-state index >= 15 is 0 Å². The number of anilines is 1. The Morgan fingerprint density at radius 1 is 0.939 bits per heavy atom. The van der Waals surface area contributed by atoms with Gasteiger partial charge in [-0.25, -0.2) is 0 Å². The van der Waals surface area contributed by atoms with Gasteiger partial charge in [-0.1, -0.05) is 72.8 Å². The van der Waals surface area contributed by atoms with E-state index in [1.807, 2.05) is 60.7 Å². The molecule has 0 saturated carbocycles. The Bertz CT molecular complexity index is 1310. The molecule has 5 rings (SSSR count). The van der Waals surface area contributed by atoms with Crippen LogP contribution >= 0.6 is 11.3 Å². The number of nitrogens with one attached hydrogen (secondary N) is 1. The third kappa shape index (κ3) is 4.58. The molecule has 0 saturated heterocycles. The summed E-state index contributed by atoms with van der Waals surface area (Å²) in [6, 6.07) is 30.4. The van der Waals surface area contributed by atoms with Crippen molar-refractivity contribution in [1.82, 2.24) is 4.90 Å². The lowest BCUT2D eigenvalue weighted by Gasteiger charge is -2.26. The van der Waals surface area contributed by atoms with Gasteiger partial charge in [0.2, 0.25) is 0 Å². The summed E-state index contributed by atoms with van der Waals surface area (Å²) < 4.78 is 0. The van der Waals surface area contributed by atoms with Crippen LogP contribution in [-0.2, 0) is 19.5 Å². The van der Waals surface area contributed by atoms with Crippen LogP contribution in [0.1, 0.15) is 31.9 Å². The Morgan fingerprint density at radius 2 is 1.61 bits per heavy atom. The summed E-state index contributed by atoms with van der Waals surface area (Å²) in [7, 11) is 0. The normalized spacial score (nSPS) is 13.2. The third-order valence-corrected chi connectivity index (χ3v) is 7.11. The zero-order chi connectivity index (χ0) is 22.6. The molecule has 1 aliphatic heterocycles. The molecule has 162 valence electrons. The van der Waals surface area contributed by atoms with Crippen LogP contribution in [0.4, 0.5) is 5.00 Å². The Labute approximate surface area is 197 Å². The van der Waals surface area contributed by atoms with Gasteiger partial charge in [0.05, 0.1) is 5.56 Å². The quantitative estimate of drug-likeness (QED) is 0.401. The molecule has 0 radical (unpaired) electrons. The molecule has 0 atom stereocenters. The molecule has 2 heterocycles. The molecular formula is C28H23N3OS. The smallest absolute Gasteiger partial charge is 0.256 e. The van der Waals surface area contributed by atoms with Gasteiger partial charge in [0.15, 0.2) is 0 Å². The maximum atomic E-state index is 12.9. The van der Waals surface area contributed by atoms with E-state index in [1.165, 1.54) is 21.8 Å². The number of nitriles is 1. The first-order valence-electron chi connectivity index (χ1n) is 11.0. The average molecular weight is 450 g/mol. The zero-order valence-electron chi connectivity index (χ0n) is 18.1. The summed E-state index contributed by atoms with van der Waals surface area (Å²) >= 11 is 1.53. The number of fused-ring (bicyclic) bond motifs is 1. The predicted octanol–water partition coefficient (Wildman–Crippen LogP) is 6.10. The Balaban J connectivity index is 1.31. The zero-order valence-corrected chi connectivity index (χ0v) is 18.9. The molecule has 4 aromatic rings. The number of carbonyl (C=O) groups excluding carboxylic acids is 1. The lowest BCUT2D eigenvalue weighted by Crippen LogP contribution is -2.29. The maximum Gasteiger partial charge on any atom is 0.256 e. The SMILES string of the molecule is N#Cc1c(NC(=O)c2ccc(-c3ccccc3)cc2)sc2c1CCN(Cc1ccccc1)C2. The molecule has 1 aromatic heterocycles. The first-order chi connectivity index (χ1) is 16.2. The number of rotatable bonds is 5. The molecule has 3 aromatic carbocycles. The maximum absolute atomic E-state index is 12.9. The number of hydrogen-bond donors (Lipinski definition) is 1. The summed E-state index contributed by atoms with van der Waals surface area (Å²) in [5.41, 5.74) is 5.74. The summed E-state index contributed by atoms with van der Waals surface area (Å²) in [4.78, 5) is 16.5. The highest BCUT2D eigenvalue weighted by atomic mass is 32.1. The lowest BCUT2D eigenvalue weighted by molar-refractivity contribution is 0.102. The first kappa shape index (κ1) is 21.1. The highest BCUT2D eigenvalue weighted by Crippen LogP contribution is 2.37. The van der Waals surface area contributed by atoms with Crippen molar-refractivity contribution in [3.8, 4) is 17.2 Å². The van der Waals surface area contributed by atoms with Crippen molar-refractivity contribution in [2.45, 2.75) is 19.5 Å². The molecule has 0 spiro atoms. The van der Waals surface area contributed by atoms with Crippen molar-refractivity contribution >= 4 is 22.2 Å². The van der Waals surface area contributed by atoms with Crippen molar-refractivity contribution in [3.63, 3.8) is 0 Å². The van der Waals surface area contributed by atoms with Crippen LogP contribution in [0.15, 0.2) is 84.9 Å². The molecule has 4 nitrogen and oxygen atoms in total. The van der Waals surface area contributed by atoms with Crippen molar-refractivity contribution in [2.75, 3.05) is 11.9 Å². The van der Waals surface area contributed by atoms with E-state index in [0.717, 1.165) is 42.7 Å². The van der Waals surface area contributed by atoms with E-state index in [2.05, 4.69) is 40.6 Å². The lowest BCUT2D eigenvalue weighted by atomic mass is 10.0. The summed E-state index contributed by atoms with van der Waals surface area (Å²) in [6.07, 6.45) is 0.823. The summed E-state index contributed by atoms with van der Waals surface area (Å²) in [5, 5.41) is 13.5. The molecule has 33 heavy (non-hydrogen) atoms. The van der Waals surface area contributed by atoms with Crippen molar-refractivity contribution < 1.29 is 4.79 Å². The van der Waals surface area contributed by atoms with Crippen molar-refractivity contribution in [2.24, 2.45) is 0 Å². The summed E-state index contributed by atoms with van der Waals surface area (Å²) in [5.74, 6) is -0.189. The number of carbonyl (C=O) groups is 1. The minimum absolute atomic E-state index is 0.189. The Kier molecular flexibility index (Phi) is 6.03. The predicted molar refractivity (Wildman–Crippen MR) is 133 cm³/mol. The highest BCUT2D eigenvalue weighted by molar-refractivity contribution is 7.16. The average Bonchev–Trinajstić information content (AvgIpc) is 3.21. The molecule has 1 aliphatic rings. The van der Waals surface area contributed by atoms with E-state index in [0.29, 0.717) is 16.1 Å². The van der Waals surface area contributed by atoms with Crippen LogP contribution in [-0.4, -0.2) is 17.4 Å². The van der Waals surface area contributed by atoms with E-state index < -0.39 is 0 Å². The molecule has 5 heteroatoms. The van der Waals surface area contributed by atoms with E-state index in [1.54, 1.807) is 0 Å². The van der Waals surface area contributed by atoms with Gasteiger partial charge in [-0.05, 0) is 40.8 Å². The molecule has 0 aliphatic carbocycles. The number of thiophene rings is 1. The molecular weight excluding hydrogens is 426 g/mol. The number of amides is 1. The van der Waals surface area contributed by atoms with Crippen LogP contribution in [0.5, 0.6) is 0 Å².